The van der Waals surface area contributed by atoms with Crippen molar-refractivity contribution in [2.75, 3.05) is 25.6 Å². The van der Waals surface area contributed by atoms with Gasteiger partial charge in [-0.1, -0.05) is 24.3 Å². The standard InChI is InChI=1S/C21H22N2O3/c1-13-15-5-3-4-6-18(15)23-21(13)17-12-20(24)22-19-11-14(7-8-16(17)19)26-10-9-25-2/h3-8,11,17,23H,9-10,12H2,1-2H3,(H,22,24)/t17-/m1/s1. The molecule has 0 aliphatic carbocycles. The van der Waals surface area contributed by atoms with Crippen molar-refractivity contribution >= 4 is 22.5 Å². The lowest BCUT2D eigenvalue weighted by molar-refractivity contribution is -0.116. The Balaban J connectivity index is 1.72. The van der Waals surface area contributed by atoms with Crippen LogP contribution in [-0.4, -0.2) is 31.2 Å². The molecule has 0 bridgehead atoms. The molecule has 0 unspecified atom stereocenters. The molecule has 2 N–H and O–H groups in total. The van der Waals surface area contributed by atoms with Crippen LogP contribution < -0.4 is 10.1 Å². The Bertz CT molecular complexity index is 961. The van der Waals surface area contributed by atoms with E-state index in [1.165, 1.54) is 10.9 Å². The second-order valence-electron chi connectivity index (χ2n) is 6.60. The highest BCUT2D eigenvalue weighted by Crippen LogP contribution is 2.41. The fraction of sp³-hybridized carbons (Fsp3) is 0.286. The van der Waals surface area contributed by atoms with Crippen molar-refractivity contribution in [3.63, 3.8) is 0 Å². The maximum atomic E-state index is 12.3. The summed E-state index contributed by atoms with van der Waals surface area (Å²) >= 11 is 0. The largest absolute Gasteiger partial charge is 0.491 e. The van der Waals surface area contributed by atoms with E-state index in [2.05, 4.69) is 29.4 Å². The van der Waals surface area contributed by atoms with Crippen LogP contribution in [0.15, 0.2) is 42.5 Å². The number of carbonyl (C=O) groups is 1. The lowest BCUT2D eigenvalue weighted by atomic mass is 9.86. The minimum atomic E-state index is 0.0131. The van der Waals surface area contributed by atoms with E-state index in [4.69, 9.17) is 9.47 Å². The zero-order chi connectivity index (χ0) is 18.1. The first kappa shape index (κ1) is 16.7. The minimum absolute atomic E-state index is 0.0131. The normalized spacial score (nSPS) is 16.4. The topological polar surface area (TPSA) is 63.4 Å². The van der Waals surface area contributed by atoms with Gasteiger partial charge in [-0.15, -0.1) is 0 Å². The minimum Gasteiger partial charge on any atom is -0.491 e. The van der Waals surface area contributed by atoms with Gasteiger partial charge in [0.05, 0.1) is 6.61 Å². The SMILES string of the molecule is COCCOc1ccc2c(c1)NC(=O)C[C@H]2c1[nH]c2ccccc2c1C. The summed E-state index contributed by atoms with van der Waals surface area (Å²) in [5.41, 5.74) is 5.34. The van der Waals surface area contributed by atoms with Crippen LogP contribution in [0.4, 0.5) is 5.69 Å². The third kappa shape index (κ3) is 2.95. The molecule has 5 heteroatoms. The number of nitrogens with one attached hydrogen (secondary N) is 2. The number of para-hydroxylation sites is 1. The summed E-state index contributed by atoms with van der Waals surface area (Å²) < 4.78 is 10.7. The van der Waals surface area contributed by atoms with Crippen LogP contribution in [0.3, 0.4) is 0 Å². The first-order valence-corrected chi connectivity index (χ1v) is 8.80. The number of fused-ring (bicyclic) bond motifs is 2. The molecule has 0 spiro atoms. The predicted molar refractivity (Wildman–Crippen MR) is 102 cm³/mol. The second-order valence-corrected chi connectivity index (χ2v) is 6.60. The summed E-state index contributed by atoms with van der Waals surface area (Å²) in [6, 6.07) is 14.1. The number of H-pyrrole nitrogens is 1. The van der Waals surface area contributed by atoms with Crippen LogP contribution >= 0.6 is 0 Å². The van der Waals surface area contributed by atoms with E-state index in [0.717, 1.165) is 28.2 Å². The number of aryl methyl sites for hydroxylation is 1. The summed E-state index contributed by atoms with van der Waals surface area (Å²) in [5.74, 6) is 0.767. The summed E-state index contributed by atoms with van der Waals surface area (Å²) in [4.78, 5) is 15.8. The smallest absolute Gasteiger partial charge is 0.225 e. The Morgan fingerprint density at radius 2 is 2.00 bits per heavy atom. The van der Waals surface area contributed by atoms with Crippen LogP contribution in [0.5, 0.6) is 5.75 Å². The van der Waals surface area contributed by atoms with Gasteiger partial charge in [0.15, 0.2) is 0 Å². The zero-order valence-electron chi connectivity index (χ0n) is 15.0. The number of ether oxygens (including phenoxy) is 2. The van der Waals surface area contributed by atoms with E-state index >= 15 is 0 Å². The third-order valence-corrected chi connectivity index (χ3v) is 4.97. The quantitative estimate of drug-likeness (QED) is 0.684. The fourth-order valence-electron chi connectivity index (χ4n) is 3.69. The molecule has 2 aromatic carbocycles. The van der Waals surface area contributed by atoms with E-state index in [9.17, 15) is 4.79 Å². The Morgan fingerprint density at radius 1 is 1.15 bits per heavy atom. The van der Waals surface area contributed by atoms with Crippen LogP contribution in [0, 0.1) is 6.92 Å². The van der Waals surface area contributed by atoms with Crippen molar-refractivity contribution in [3.05, 3.63) is 59.3 Å². The molecule has 1 aliphatic heterocycles. The lowest BCUT2D eigenvalue weighted by Gasteiger charge is -2.26. The molecule has 5 nitrogen and oxygen atoms in total. The Labute approximate surface area is 152 Å². The summed E-state index contributed by atoms with van der Waals surface area (Å²) in [6.07, 6.45) is 0.435. The molecular weight excluding hydrogens is 328 g/mol. The average molecular weight is 350 g/mol. The molecule has 0 saturated carbocycles. The van der Waals surface area contributed by atoms with Crippen molar-refractivity contribution in [2.24, 2.45) is 0 Å². The molecule has 0 fully saturated rings. The number of rotatable bonds is 5. The van der Waals surface area contributed by atoms with Crippen LogP contribution in [-0.2, 0) is 9.53 Å². The van der Waals surface area contributed by atoms with E-state index in [1.807, 2.05) is 30.3 Å². The Morgan fingerprint density at radius 3 is 2.81 bits per heavy atom. The molecule has 1 aliphatic rings. The maximum Gasteiger partial charge on any atom is 0.225 e. The molecule has 0 saturated heterocycles. The number of hydrogen-bond donors (Lipinski definition) is 2. The first-order valence-electron chi connectivity index (χ1n) is 8.80. The number of aromatic nitrogens is 1. The number of aromatic amines is 1. The van der Waals surface area contributed by atoms with Gasteiger partial charge in [-0.3, -0.25) is 4.79 Å². The molecule has 4 rings (SSSR count). The van der Waals surface area contributed by atoms with E-state index in [0.29, 0.717) is 19.6 Å². The van der Waals surface area contributed by atoms with Gasteiger partial charge in [-0.2, -0.15) is 0 Å². The predicted octanol–water partition coefficient (Wildman–Crippen LogP) is 3.98. The van der Waals surface area contributed by atoms with Crippen molar-refractivity contribution in [3.8, 4) is 5.75 Å². The highest BCUT2D eigenvalue weighted by atomic mass is 16.5. The Kier molecular flexibility index (Phi) is 4.39. The number of benzene rings is 2. The summed E-state index contributed by atoms with van der Waals surface area (Å²) in [7, 11) is 1.64. The average Bonchev–Trinajstić information content (AvgIpc) is 2.98. The van der Waals surface area contributed by atoms with Gasteiger partial charge >= 0.3 is 0 Å². The number of hydrogen-bond acceptors (Lipinski definition) is 3. The first-order chi connectivity index (χ1) is 12.7. The van der Waals surface area contributed by atoms with E-state index in [1.54, 1.807) is 7.11 Å². The monoisotopic (exact) mass is 350 g/mol. The fourth-order valence-corrected chi connectivity index (χ4v) is 3.69. The van der Waals surface area contributed by atoms with Crippen LogP contribution in [0.25, 0.3) is 10.9 Å². The molecular formula is C21H22N2O3. The number of carbonyl (C=O) groups excluding carboxylic acids is 1. The molecule has 1 amide bonds. The van der Waals surface area contributed by atoms with Crippen molar-refractivity contribution in [2.45, 2.75) is 19.3 Å². The highest BCUT2D eigenvalue weighted by Gasteiger charge is 2.29. The number of anilines is 1. The van der Waals surface area contributed by atoms with E-state index < -0.39 is 0 Å². The second kappa shape index (κ2) is 6.84. The van der Waals surface area contributed by atoms with Gasteiger partial charge in [0.1, 0.15) is 12.4 Å². The van der Waals surface area contributed by atoms with Crippen LogP contribution in [0.1, 0.15) is 29.2 Å². The van der Waals surface area contributed by atoms with Crippen molar-refractivity contribution in [1.82, 2.24) is 4.98 Å². The third-order valence-electron chi connectivity index (χ3n) is 4.97. The number of methoxy groups -OCH3 is 1. The molecule has 134 valence electrons. The molecule has 26 heavy (non-hydrogen) atoms. The van der Waals surface area contributed by atoms with Gasteiger partial charge in [-0.25, -0.2) is 0 Å². The summed E-state index contributed by atoms with van der Waals surface area (Å²) in [5, 5.41) is 4.18. The maximum absolute atomic E-state index is 12.3. The van der Waals surface area contributed by atoms with Gasteiger partial charge in [0.2, 0.25) is 5.91 Å². The van der Waals surface area contributed by atoms with Gasteiger partial charge in [0, 0.05) is 47.8 Å². The van der Waals surface area contributed by atoms with Crippen LogP contribution in [0.2, 0.25) is 0 Å². The van der Waals surface area contributed by atoms with Crippen molar-refractivity contribution in [1.29, 1.82) is 0 Å². The molecule has 0 radical (unpaired) electrons. The Hall–Kier alpha value is -2.79. The highest BCUT2D eigenvalue weighted by molar-refractivity contribution is 5.96. The van der Waals surface area contributed by atoms with Gasteiger partial charge in [-0.05, 0) is 30.2 Å². The van der Waals surface area contributed by atoms with E-state index in [-0.39, 0.29) is 11.8 Å². The van der Waals surface area contributed by atoms with Crippen molar-refractivity contribution < 1.29 is 14.3 Å². The molecule has 3 aromatic rings. The van der Waals surface area contributed by atoms with Gasteiger partial charge in [0.25, 0.3) is 0 Å². The van der Waals surface area contributed by atoms with Gasteiger partial charge < -0.3 is 19.8 Å². The number of amides is 1. The summed E-state index contributed by atoms with van der Waals surface area (Å²) in [6.45, 7) is 3.12. The molecule has 1 aromatic heterocycles. The zero-order valence-corrected chi connectivity index (χ0v) is 15.0. The molecule has 1 atom stereocenters. The molecule has 2 heterocycles. The lowest BCUT2D eigenvalue weighted by Crippen LogP contribution is -2.24.